The number of hydrogen-bond acceptors (Lipinski definition) is 2. The van der Waals surface area contributed by atoms with Crippen LogP contribution in [0.5, 0.6) is 0 Å². The molecule has 1 aromatic carbocycles. The molecular formula is C14H18ClNO. The molecule has 2 fully saturated rings. The Morgan fingerprint density at radius 3 is 2.94 bits per heavy atom. The van der Waals surface area contributed by atoms with E-state index in [1.165, 1.54) is 18.4 Å². The normalized spacial score (nSPS) is 28.5. The van der Waals surface area contributed by atoms with Gasteiger partial charge in [0.15, 0.2) is 0 Å². The number of nitrogens with one attached hydrogen (secondary N) is 1. The third-order valence-electron chi connectivity index (χ3n) is 3.64. The van der Waals surface area contributed by atoms with Crippen LogP contribution in [0.3, 0.4) is 0 Å². The van der Waals surface area contributed by atoms with Crippen molar-refractivity contribution in [1.82, 2.24) is 5.32 Å². The topological polar surface area (TPSA) is 21.3 Å². The van der Waals surface area contributed by atoms with Gasteiger partial charge < -0.3 is 10.1 Å². The van der Waals surface area contributed by atoms with Crippen molar-refractivity contribution in [2.45, 2.75) is 31.4 Å². The molecule has 3 rings (SSSR count). The van der Waals surface area contributed by atoms with Crippen LogP contribution in [0.15, 0.2) is 24.3 Å². The summed E-state index contributed by atoms with van der Waals surface area (Å²) in [7, 11) is 0. The summed E-state index contributed by atoms with van der Waals surface area (Å²) in [6, 6.07) is 8.84. The fraction of sp³-hybridized carbons (Fsp3) is 0.571. The van der Waals surface area contributed by atoms with Crippen molar-refractivity contribution >= 4 is 11.6 Å². The number of halogens is 1. The first kappa shape index (κ1) is 11.5. The number of rotatable bonds is 4. The molecule has 2 nitrogen and oxygen atoms in total. The van der Waals surface area contributed by atoms with Gasteiger partial charge >= 0.3 is 0 Å². The van der Waals surface area contributed by atoms with Crippen molar-refractivity contribution in [2.75, 3.05) is 13.2 Å². The average Bonchev–Trinajstić information content (AvgIpc) is 3.04. The minimum atomic E-state index is 0.222. The lowest BCUT2D eigenvalue weighted by molar-refractivity contribution is 0.0904. The highest BCUT2D eigenvalue weighted by Gasteiger charge is 2.31. The average molecular weight is 252 g/mol. The lowest BCUT2D eigenvalue weighted by Crippen LogP contribution is -2.26. The van der Waals surface area contributed by atoms with E-state index in [1.807, 2.05) is 18.2 Å². The summed E-state index contributed by atoms with van der Waals surface area (Å²) in [5, 5.41) is 4.40. The molecule has 92 valence electrons. The van der Waals surface area contributed by atoms with Crippen LogP contribution in [0.1, 0.15) is 30.9 Å². The monoisotopic (exact) mass is 251 g/mol. The summed E-state index contributed by atoms with van der Waals surface area (Å²) < 4.78 is 5.86. The molecule has 0 bridgehead atoms. The molecule has 1 aromatic rings. The molecule has 0 aromatic heterocycles. The van der Waals surface area contributed by atoms with Crippen molar-refractivity contribution < 1.29 is 4.74 Å². The zero-order valence-corrected chi connectivity index (χ0v) is 10.6. The van der Waals surface area contributed by atoms with Gasteiger partial charge in [-0.25, -0.2) is 0 Å². The summed E-state index contributed by atoms with van der Waals surface area (Å²) in [6.45, 7) is 1.94. The van der Waals surface area contributed by atoms with Crippen molar-refractivity contribution in [2.24, 2.45) is 5.92 Å². The van der Waals surface area contributed by atoms with Crippen molar-refractivity contribution in [3.05, 3.63) is 34.9 Å². The number of benzene rings is 1. The maximum Gasteiger partial charge on any atom is 0.0866 e. The largest absolute Gasteiger partial charge is 0.373 e. The van der Waals surface area contributed by atoms with E-state index in [2.05, 4.69) is 11.4 Å². The smallest absolute Gasteiger partial charge is 0.0866 e. The highest BCUT2D eigenvalue weighted by Crippen LogP contribution is 2.35. The first-order valence-corrected chi connectivity index (χ1v) is 6.81. The van der Waals surface area contributed by atoms with E-state index >= 15 is 0 Å². The summed E-state index contributed by atoms with van der Waals surface area (Å²) in [4.78, 5) is 0. The van der Waals surface area contributed by atoms with E-state index in [-0.39, 0.29) is 6.10 Å². The van der Waals surface area contributed by atoms with Crippen LogP contribution < -0.4 is 5.32 Å². The van der Waals surface area contributed by atoms with Crippen molar-refractivity contribution in [3.63, 3.8) is 0 Å². The summed E-state index contributed by atoms with van der Waals surface area (Å²) in [6.07, 6.45) is 4.06. The van der Waals surface area contributed by atoms with Crippen LogP contribution in [0.2, 0.25) is 5.02 Å². The molecule has 3 heteroatoms. The Kier molecular flexibility index (Phi) is 3.37. The van der Waals surface area contributed by atoms with Crippen LogP contribution in [0, 0.1) is 5.92 Å². The van der Waals surface area contributed by atoms with Crippen LogP contribution in [0.4, 0.5) is 0 Å². The quantitative estimate of drug-likeness (QED) is 0.888. The highest BCUT2D eigenvalue weighted by atomic mass is 35.5. The van der Waals surface area contributed by atoms with Gasteiger partial charge in [0, 0.05) is 30.1 Å². The zero-order chi connectivity index (χ0) is 11.7. The van der Waals surface area contributed by atoms with Gasteiger partial charge in [0.25, 0.3) is 0 Å². The molecule has 1 N–H and O–H groups in total. The van der Waals surface area contributed by atoms with E-state index in [1.54, 1.807) is 0 Å². The predicted octanol–water partition coefficient (Wildman–Crippen LogP) is 3.17. The molecule has 1 aliphatic heterocycles. The molecule has 1 saturated heterocycles. The molecule has 1 saturated carbocycles. The molecule has 0 radical (unpaired) electrons. The maximum absolute atomic E-state index is 6.04. The molecule has 1 aliphatic carbocycles. The Hall–Kier alpha value is -0.570. The van der Waals surface area contributed by atoms with Gasteiger partial charge in [0.1, 0.15) is 0 Å². The standard InChI is InChI=1S/C14H18ClNO/c15-12-3-1-2-10(8-12)14-11(6-7-17-14)9-16-13-4-5-13/h1-3,8,11,13-14,16H,4-7,9H2. The zero-order valence-electron chi connectivity index (χ0n) is 9.86. The molecule has 0 amide bonds. The van der Waals surface area contributed by atoms with Crippen LogP contribution >= 0.6 is 11.6 Å². The van der Waals surface area contributed by atoms with Crippen molar-refractivity contribution in [1.29, 1.82) is 0 Å². The van der Waals surface area contributed by atoms with Gasteiger partial charge in [-0.1, -0.05) is 23.7 Å². The molecule has 2 atom stereocenters. The van der Waals surface area contributed by atoms with E-state index in [9.17, 15) is 0 Å². The second-order valence-electron chi connectivity index (χ2n) is 5.08. The lowest BCUT2D eigenvalue weighted by Gasteiger charge is -2.19. The van der Waals surface area contributed by atoms with Crippen molar-refractivity contribution in [3.8, 4) is 0 Å². The fourth-order valence-corrected chi connectivity index (χ4v) is 2.70. The summed E-state index contributed by atoms with van der Waals surface area (Å²) in [5.74, 6) is 0.592. The lowest BCUT2D eigenvalue weighted by atomic mass is 9.95. The minimum absolute atomic E-state index is 0.222. The SMILES string of the molecule is Clc1cccc(C2OCCC2CNC2CC2)c1. The third-order valence-corrected chi connectivity index (χ3v) is 3.87. The first-order valence-electron chi connectivity index (χ1n) is 6.43. The molecule has 2 unspecified atom stereocenters. The Morgan fingerprint density at radius 1 is 1.29 bits per heavy atom. The van der Waals surface area contributed by atoms with Gasteiger partial charge in [-0.3, -0.25) is 0 Å². The second kappa shape index (κ2) is 4.97. The van der Waals surface area contributed by atoms with E-state index in [0.717, 1.165) is 30.6 Å². The Labute approximate surface area is 107 Å². The molecule has 0 spiro atoms. The van der Waals surface area contributed by atoms with Gasteiger partial charge in [-0.15, -0.1) is 0 Å². The van der Waals surface area contributed by atoms with Crippen LogP contribution in [-0.2, 0) is 4.74 Å². The highest BCUT2D eigenvalue weighted by molar-refractivity contribution is 6.30. The molecular weight excluding hydrogens is 234 g/mol. The Balaban J connectivity index is 1.67. The minimum Gasteiger partial charge on any atom is -0.373 e. The van der Waals surface area contributed by atoms with E-state index in [0.29, 0.717) is 5.92 Å². The maximum atomic E-state index is 6.04. The van der Waals surface area contributed by atoms with Gasteiger partial charge in [-0.05, 0) is 37.0 Å². The predicted molar refractivity (Wildman–Crippen MR) is 69.3 cm³/mol. The van der Waals surface area contributed by atoms with Crippen LogP contribution in [0.25, 0.3) is 0 Å². The Morgan fingerprint density at radius 2 is 2.18 bits per heavy atom. The van der Waals surface area contributed by atoms with Gasteiger partial charge in [0.05, 0.1) is 6.10 Å². The Bertz CT molecular complexity index is 392. The summed E-state index contributed by atoms with van der Waals surface area (Å²) in [5.41, 5.74) is 1.22. The van der Waals surface area contributed by atoms with Gasteiger partial charge in [0.2, 0.25) is 0 Å². The number of ether oxygens (including phenoxy) is 1. The van der Waals surface area contributed by atoms with Gasteiger partial charge in [-0.2, -0.15) is 0 Å². The fourth-order valence-electron chi connectivity index (χ4n) is 2.50. The van der Waals surface area contributed by atoms with E-state index in [4.69, 9.17) is 16.3 Å². The van der Waals surface area contributed by atoms with E-state index < -0.39 is 0 Å². The van der Waals surface area contributed by atoms with Crippen LogP contribution in [-0.4, -0.2) is 19.2 Å². The first-order chi connectivity index (χ1) is 8.33. The third kappa shape index (κ3) is 2.82. The summed E-state index contributed by atoms with van der Waals surface area (Å²) >= 11 is 6.04. The second-order valence-corrected chi connectivity index (χ2v) is 5.51. The molecule has 17 heavy (non-hydrogen) atoms. The molecule has 1 heterocycles. The molecule has 2 aliphatic rings. The number of hydrogen-bond donors (Lipinski definition) is 1.